The minimum Gasteiger partial charge on any atom is -0.347 e. The lowest BCUT2D eigenvalue weighted by Crippen LogP contribution is -2.41. The Labute approximate surface area is 203 Å². The van der Waals surface area contributed by atoms with Gasteiger partial charge < -0.3 is 9.80 Å². The number of fused-ring (bicyclic) bond motifs is 1. The SMILES string of the molecule is CN(C)c1ncc(-c2ccc(Cl)cc2)c([C@H]2CCCN(C(=O)Cn3nc4ccccc4n3)C2)n1. The van der Waals surface area contributed by atoms with Crippen LogP contribution in [0.4, 0.5) is 5.95 Å². The molecule has 3 heterocycles. The summed E-state index contributed by atoms with van der Waals surface area (Å²) in [6.45, 7) is 1.44. The van der Waals surface area contributed by atoms with Gasteiger partial charge in [-0.05, 0) is 42.7 Å². The molecule has 1 atom stereocenters. The number of amides is 1. The zero-order valence-electron chi connectivity index (χ0n) is 19.2. The highest BCUT2D eigenvalue weighted by molar-refractivity contribution is 6.30. The minimum absolute atomic E-state index is 0.0138. The van der Waals surface area contributed by atoms with Crippen LogP contribution < -0.4 is 4.90 Å². The van der Waals surface area contributed by atoms with Gasteiger partial charge in [-0.1, -0.05) is 35.9 Å². The maximum atomic E-state index is 13.2. The first-order valence-corrected chi connectivity index (χ1v) is 11.7. The van der Waals surface area contributed by atoms with Crippen LogP contribution in [0.1, 0.15) is 24.5 Å². The topological polar surface area (TPSA) is 80.0 Å². The Morgan fingerprint density at radius 3 is 2.47 bits per heavy atom. The second-order valence-electron chi connectivity index (χ2n) is 8.77. The number of piperidine rings is 1. The van der Waals surface area contributed by atoms with Gasteiger partial charge in [-0.15, -0.1) is 0 Å². The first-order chi connectivity index (χ1) is 16.5. The number of halogens is 1. The Morgan fingerprint density at radius 2 is 1.79 bits per heavy atom. The summed E-state index contributed by atoms with van der Waals surface area (Å²) in [7, 11) is 3.86. The van der Waals surface area contributed by atoms with Gasteiger partial charge in [-0.3, -0.25) is 4.79 Å². The molecule has 0 aliphatic carbocycles. The van der Waals surface area contributed by atoms with E-state index in [4.69, 9.17) is 16.6 Å². The number of aromatic nitrogens is 5. The number of hydrogen-bond donors (Lipinski definition) is 0. The van der Waals surface area contributed by atoms with Crippen molar-refractivity contribution in [2.24, 2.45) is 0 Å². The molecule has 1 amide bonds. The van der Waals surface area contributed by atoms with Crippen molar-refractivity contribution in [2.75, 3.05) is 32.1 Å². The maximum Gasteiger partial charge on any atom is 0.246 e. The van der Waals surface area contributed by atoms with Gasteiger partial charge in [0.15, 0.2) is 0 Å². The van der Waals surface area contributed by atoms with E-state index in [0.717, 1.165) is 47.2 Å². The van der Waals surface area contributed by atoms with E-state index in [2.05, 4.69) is 15.2 Å². The van der Waals surface area contributed by atoms with Gasteiger partial charge in [0.25, 0.3) is 0 Å². The molecule has 0 unspecified atom stereocenters. The van der Waals surface area contributed by atoms with Gasteiger partial charge in [-0.2, -0.15) is 15.0 Å². The Balaban J connectivity index is 1.40. The molecule has 2 aromatic carbocycles. The van der Waals surface area contributed by atoms with E-state index in [0.29, 0.717) is 17.5 Å². The van der Waals surface area contributed by atoms with Crippen LogP contribution in [0, 0.1) is 0 Å². The van der Waals surface area contributed by atoms with Gasteiger partial charge in [0, 0.05) is 49.9 Å². The van der Waals surface area contributed by atoms with Crippen molar-refractivity contribution in [2.45, 2.75) is 25.3 Å². The number of nitrogens with zero attached hydrogens (tertiary/aromatic N) is 7. The predicted octanol–water partition coefficient (Wildman–Crippen LogP) is 4.01. The number of anilines is 1. The van der Waals surface area contributed by atoms with Crippen LogP contribution in [0.25, 0.3) is 22.2 Å². The van der Waals surface area contributed by atoms with Crippen LogP contribution >= 0.6 is 11.6 Å². The number of hydrogen-bond acceptors (Lipinski definition) is 6. The monoisotopic (exact) mass is 475 g/mol. The molecule has 8 nitrogen and oxygen atoms in total. The quantitative estimate of drug-likeness (QED) is 0.434. The molecule has 1 fully saturated rings. The molecule has 9 heteroatoms. The number of carbonyl (C=O) groups excluding carboxylic acids is 1. The van der Waals surface area contributed by atoms with E-state index in [1.54, 1.807) is 0 Å². The van der Waals surface area contributed by atoms with E-state index in [9.17, 15) is 4.79 Å². The normalized spacial score (nSPS) is 16.1. The summed E-state index contributed by atoms with van der Waals surface area (Å²) >= 11 is 6.11. The van der Waals surface area contributed by atoms with Crippen LogP contribution in [0.2, 0.25) is 5.02 Å². The Morgan fingerprint density at radius 1 is 1.09 bits per heavy atom. The minimum atomic E-state index is 0.0138. The molecule has 5 rings (SSSR count). The van der Waals surface area contributed by atoms with E-state index >= 15 is 0 Å². The highest BCUT2D eigenvalue weighted by Gasteiger charge is 2.28. The van der Waals surface area contributed by atoms with Crippen LogP contribution in [0.15, 0.2) is 54.7 Å². The van der Waals surface area contributed by atoms with E-state index in [1.807, 2.05) is 78.6 Å². The largest absolute Gasteiger partial charge is 0.347 e. The zero-order chi connectivity index (χ0) is 23.7. The van der Waals surface area contributed by atoms with Crippen molar-refractivity contribution >= 4 is 34.5 Å². The molecule has 0 bridgehead atoms. The molecule has 0 spiro atoms. The standard InChI is InChI=1S/C25H26ClN7O/c1-31(2)25-27-14-20(17-9-11-19(26)12-10-17)24(28-25)18-6-5-13-32(15-18)23(34)16-33-29-21-7-3-4-8-22(21)30-33/h3-4,7-12,14,18H,5-6,13,15-16H2,1-2H3/t18-/m0/s1. The molecule has 34 heavy (non-hydrogen) atoms. The summed E-state index contributed by atoms with van der Waals surface area (Å²) in [6.07, 6.45) is 3.74. The van der Waals surface area contributed by atoms with Gasteiger partial charge in [0.1, 0.15) is 17.6 Å². The first-order valence-electron chi connectivity index (χ1n) is 11.4. The third kappa shape index (κ3) is 4.59. The van der Waals surface area contributed by atoms with Crippen molar-refractivity contribution in [3.63, 3.8) is 0 Å². The van der Waals surface area contributed by atoms with E-state index < -0.39 is 0 Å². The lowest BCUT2D eigenvalue weighted by atomic mass is 9.90. The fourth-order valence-corrected chi connectivity index (χ4v) is 4.51. The van der Waals surface area contributed by atoms with Gasteiger partial charge in [0.2, 0.25) is 11.9 Å². The highest BCUT2D eigenvalue weighted by atomic mass is 35.5. The molecule has 0 radical (unpaired) electrons. The van der Waals surface area contributed by atoms with Crippen molar-refractivity contribution < 1.29 is 4.79 Å². The molecule has 174 valence electrons. The van der Waals surface area contributed by atoms with Gasteiger partial charge in [-0.25, -0.2) is 9.97 Å². The summed E-state index contributed by atoms with van der Waals surface area (Å²) < 4.78 is 0. The smallest absolute Gasteiger partial charge is 0.246 e. The van der Waals surface area contributed by atoms with Crippen LogP contribution in [0.5, 0.6) is 0 Å². The summed E-state index contributed by atoms with van der Waals surface area (Å²) in [4.78, 5) is 27.9. The molecule has 0 N–H and O–H groups in total. The molecular formula is C25H26ClN7O. The summed E-state index contributed by atoms with van der Waals surface area (Å²) in [6, 6.07) is 15.3. The second kappa shape index (κ2) is 9.38. The van der Waals surface area contributed by atoms with Crippen molar-refractivity contribution in [3.8, 4) is 11.1 Å². The third-order valence-corrected chi connectivity index (χ3v) is 6.38. The second-order valence-corrected chi connectivity index (χ2v) is 9.20. The lowest BCUT2D eigenvalue weighted by Gasteiger charge is -2.33. The molecule has 1 aliphatic heterocycles. The fourth-order valence-electron chi connectivity index (χ4n) is 4.39. The number of benzene rings is 2. The van der Waals surface area contributed by atoms with Crippen molar-refractivity contribution in [1.82, 2.24) is 29.9 Å². The Bertz CT molecular complexity index is 1290. The molecule has 1 aliphatic rings. The fraction of sp³-hybridized carbons (Fsp3) is 0.320. The molecule has 2 aromatic heterocycles. The Hall–Kier alpha value is -3.52. The highest BCUT2D eigenvalue weighted by Crippen LogP contribution is 2.34. The maximum absolute atomic E-state index is 13.2. The molecular weight excluding hydrogens is 450 g/mol. The molecule has 1 saturated heterocycles. The van der Waals surface area contributed by atoms with Crippen molar-refractivity contribution in [1.29, 1.82) is 0 Å². The van der Waals surface area contributed by atoms with Gasteiger partial charge >= 0.3 is 0 Å². The van der Waals surface area contributed by atoms with Crippen LogP contribution in [-0.2, 0) is 11.3 Å². The summed E-state index contributed by atoms with van der Waals surface area (Å²) in [5.74, 6) is 0.776. The summed E-state index contributed by atoms with van der Waals surface area (Å²) in [5.41, 5.74) is 4.52. The van der Waals surface area contributed by atoms with Crippen LogP contribution in [-0.4, -0.2) is 63.0 Å². The third-order valence-electron chi connectivity index (χ3n) is 6.13. The number of carbonyl (C=O) groups is 1. The van der Waals surface area contributed by atoms with E-state index in [1.165, 1.54) is 4.80 Å². The predicted molar refractivity (Wildman–Crippen MR) is 133 cm³/mol. The molecule has 0 saturated carbocycles. The average molecular weight is 476 g/mol. The van der Waals surface area contributed by atoms with Gasteiger partial charge in [0.05, 0.1) is 5.69 Å². The number of rotatable bonds is 5. The lowest BCUT2D eigenvalue weighted by molar-refractivity contribution is -0.133. The Kier molecular flexibility index (Phi) is 6.15. The van der Waals surface area contributed by atoms with E-state index in [-0.39, 0.29) is 18.4 Å². The van der Waals surface area contributed by atoms with Crippen molar-refractivity contribution in [3.05, 3.63) is 65.4 Å². The molecule has 4 aromatic rings. The first kappa shape index (κ1) is 22.3. The zero-order valence-corrected chi connectivity index (χ0v) is 20.0. The summed E-state index contributed by atoms with van der Waals surface area (Å²) in [5, 5.41) is 9.56. The van der Waals surface area contributed by atoms with Crippen LogP contribution in [0.3, 0.4) is 0 Å². The number of likely N-dealkylation sites (tertiary alicyclic amines) is 1. The average Bonchev–Trinajstić information content (AvgIpc) is 3.26.